The molecule has 2 saturated heterocycles. The first-order chi connectivity index (χ1) is 12.2. The van der Waals surface area contributed by atoms with Crippen LogP contribution in [-0.2, 0) is 14.4 Å². The van der Waals surface area contributed by atoms with E-state index in [-0.39, 0.29) is 34.7 Å². The van der Waals surface area contributed by atoms with Crippen molar-refractivity contribution in [2.24, 2.45) is 16.8 Å². The minimum Gasteiger partial charge on any atom is -0.477 e. The van der Waals surface area contributed by atoms with Crippen LogP contribution >= 0.6 is 11.8 Å². The van der Waals surface area contributed by atoms with Gasteiger partial charge in [-0.05, 0) is 6.92 Å². The number of hydrogen-bond donors (Lipinski definition) is 4. The van der Waals surface area contributed by atoms with Crippen LogP contribution in [0.15, 0.2) is 15.6 Å². The molecule has 3 heterocycles. The molecule has 26 heavy (non-hydrogen) atoms. The largest absolute Gasteiger partial charge is 0.477 e. The molecule has 0 aromatic rings. The van der Waals surface area contributed by atoms with Crippen molar-refractivity contribution in [3.8, 4) is 0 Å². The predicted octanol–water partition coefficient (Wildman–Crippen LogP) is -0.663. The monoisotopic (exact) mass is 382 g/mol. The van der Waals surface area contributed by atoms with Gasteiger partial charge in [0.2, 0.25) is 11.8 Å². The van der Waals surface area contributed by atoms with E-state index in [0.29, 0.717) is 24.0 Å². The van der Waals surface area contributed by atoms with Gasteiger partial charge in [0.1, 0.15) is 5.70 Å². The highest BCUT2D eigenvalue weighted by atomic mass is 32.2. The van der Waals surface area contributed by atoms with E-state index in [9.17, 15) is 24.6 Å². The third kappa shape index (κ3) is 3.07. The number of rotatable bonds is 4. The first kappa shape index (κ1) is 18.7. The van der Waals surface area contributed by atoms with Gasteiger partial charge in [0, 0.05) is 36.1 Å². The van der Waals surface area contributed by atoms with Gasteiger partial charge in [0.15, 0.2) is 5.96 Å². The molecule has 4 N–H and O–H groups in total. The molecule has 4 atom stereocenters. The molecule has 0 aliphatic carbocycles. The molecule has 0 saturated carbocycles. The summed E-state index contributed by atoms with van der Waals surface area (Å²) in [5.74, 6) is -2.08. The number of nitrogens with zero attached hydrogens (tertiary/aromatic N) is 2. The minimum atomic E-state index is -1.13. The van der Waals surface area contributed by atoms with Crippen LogP contribution in [0.25, 0.3) is 0 Å². The Bertz CT molecular complexity index is 709. The van der Waals surface area contributed by atoms with Crippen LogP contribution in [0.1, 0.15) is 20.8 Å². The first-order valence-electron chi connectivity index (χ1n) is 8.44. The smallest absolute Gasteiger partial charge is 0.353 e. The molecule has 3 aliphatic rings. The molecule has 2 amide bonds. The van der Waals surface area contributed by atoms with Crippen LogP contribution in [0.3, 0.4) is 0 Å². The van der Waals surface area contributed by atoms with Gasteiger partial charge in [-0.15, -0.1) is 11.8 Å². The fraction of sp³-hybridized carbons (Fsp3) is 0.625. The maximum absolute atomic E-state index is 12.3. The zero-order chi connectivity index (χ0) is 19.2. The average Bonchev–Trinajstić information content (AvgIpc) is 2.78. The fourth-order valence-electron chi connectivity index (χ4n) is 3.73. The van der Waals surface area contributed by atoms with Gasteiger partial charge in [-0.2, -0.15) is 4.99 Å². The number of carbonyl (C=O) groups is 3. The molecule has 3 aliphatic heterocycles. The maximum Gasteiger partial charge on any atom is 0.353 e. The summed E-state index contributed by atoms with van der Waals surface area (Å²) >= 11 is 1.42. The van der Waals surface area contributed by atoms with E-state index < -0.39 is 18.0 Å². The number of carboxylic acid groups (broad SMARTS) is 1. The van der Waals surface area contributed by atoms with Crippen molar-refractivity contribution in [2.45, 2.75) is 38.2 Å². The van der Waals surface area contributed by atoms with Crippen LogP contribution < -0.4 is 10.6 Å². The lowest BCUT2D eigenvalue weighted by Crippen LogP contribution is -2.63. The van der Waals surface area contributed by atoms with Crippen LogP contribution in [0.4, 0.5) is 0 Å². The third-order valence-corrected chi connectivity index (χ3v) is 6.35. The summed E-state index contributed by atoms with van der Waals surface area (Å²) in [6.07, 6.45) is -0.811. The Balaban J connectivity index is 1.76. The molecule has 0 aromatic heterocycles. The number of carboxylic acids is 1. The first-order valence-corrected chi connectivity index (χ1v) is 9.32. The second kappa shape index (κ2) is 6.92. The number of carbonyl (C=O) groups excluding carboxylic acids is 2. The van der Waals surface area contributed by atoms with Crippen LogP contribution in [-0.4, -0.2) is 69.3 Å². The van der Waals surface area contributed by atoms with Crippen LogP contribution in [0.2, 0.25) is 0 Å². The van der Waals surface area contributed by atoms with Crippen molar-refractivity contribution in [3.05, 3.63) is 10.6 Å². The zero-order valence-corrected chi connectivity index (χ0v) is 15.5. The molecule has 9 nitrogen and oxygen atoms in total. The number of aliphatic imine (C=N–C) groups is 1. The Kier molecular flexibility index (Phi) is 4.98. The Hall–Kier alpha value is -2.07. The Morgan fingerprint density at radius 1 is 1.35 bits per heavy atom. The summed E-state index contributed by atoms with van der Waals surface area (Å²) in [5.41, 5.74) is 0.0256. The van der Waals surface area contributed by atoms with E-state index in [1.165, 1.54) is 23.6 Å². The number of β-lactam (4-membered cyclic amide) rings is 1. The molecule has 0 aromatic carbocycles. The van der Waals surface area contributed by atoms with Crippen LogP contribution in [0, 0.1) is 11.8 Å². The SMILES string of the molecule is CC(=O)N=C1NCC(SC2=C(C(=O)O)N3C(=O)[C@H]([C@@H](C)O)[C@H]3[C@H]2C)CN1. The molecule has 0 unspecified atom stereocenters. The van der Waals surface area contributed by atoms with E-state index in [2.05, 4.69) is 15.6 Å². The number of guanidine groups is 1. The molecule has 2 fully saturated rings. The number of nitrogens with one attached hydrogen (secondary N) is 2. The minimum absolute atomic E-state index is 0.0199. The van der Waals surface area contributed by atoms with E-state index >= 15 is 0 Å². The zero-order valence-electron chi connectivity index (χ0n) is 14.7. The molecular formula is C16H22N4O5S. The highest BCUT2D eigenvalue weighted by molar-refractivity contribution is 8.03. The molecular weight excluding hydrogens is 360 g/mol. The van der Waals surface area contributed by atoms with Gasteiger partial charge in [-0.3, -0.25) is 9.59 Å². The second-order valence-electron chi connectivity index (χ2n) is 6.75. The summed E-state index contributed by atoms with van der Waals surface area (Å²) in [6, 6.07) is -0.310. The summed E-state index contributed by atoms with van der Waals surface area (Å²) in [6.45, 7) is 5.85. The number of amides is 2. The molecule has 0 spiro atoms. The number of thioether (sulfide) groups is 1. The van der Waals surface area contributed by atoms with Gasteiger partial charge < -0.3 is 25.7 Å². The van der Waals surface area contributed by atoms with Crippen molar-refractivity contribution in [2.75, 3.05) is 13.1 Å². The summed E-state index contributed by atoms with van der Waals surface area (Å²) in [7, 11) is 0. The number of fused-ring (bicyclic) bond motifs is 1. The molecule has 10 heteroatoms. The Morgan fingerprint density at radius 3 is 2.46 bits per heavy atom. The quantitative estimate of drug-likeness (QED) is 0.471. The molecule has 0 bridgehead atoms. The fourth-order valence-corrected chi connectivity index (χ4v) is 5.08. The summed E-state index contributed by atoms with van der Waals surface area (Å²) < 4.78 is 0. The van der Waals surface area contributed by atoms with E-state index in [0.717, 1.165) is 0 Å². The topological polar surface area (TPSA) is 131 Å². The molecule has 0 radical (unpaired) electrons. The number of hydrogen-bond acceptors (Lipinski definition) is 5. The number of aliphatic carboxylic acids is 1. The van der Waals surface area contributed by atoms with Crippen molar-refractivity contribution in [1.82, 2.24) is 15.5 Å². The van der Waals surface area contributed by atoms with Gasteiger partial charge in [0.25, 0.3) is 0 Å². The van der Waals surface area contributed by atoms with E-state index in [4.69, 9.17) is 0 Å². The van der Waals surface area contributed by atoms with Crippen molar-refractivity contribution >= 4 is 35.5 Å². The van der Waals surface area contributed by atoms with Crippen LogP contribution in [0.5, 0.6) is 0 Å². The standard InChI is InChI=1S/C16H22N4O5S/c1-6-11-10(7(2)21)14(23)20(11)12(15(24)25)13(6)26-9-4-17-16(18-5-9)19-8(3)22/h6-7,9-11,21H,4-5H2,1-3H3,(H,24,25)(H2,17,18,19,22)/t6-,7-,10-,11-/m1/s1. The number of aliphatic hydroxyl groups excluding tert-OH is 1. The summed E-state index contributed by atoms with van der Waals surface area (Å²) in [4.78, 5) is 40.9. The van der Waals surface area contributed by atoms with E-state index in [1.807, 2.05) is 6.92 Å². The lowest BCUT2D eigenvalue weighted by molar-refractivity contribution is -0.163. The Labute approximate surface area is 154 Å². The predicted molar refractivity (Wildman–Crippen MR) is 95.1 cm³/mol. The Morgan fingerprint density at radius 2 is 1.96 bits per heavy atom. The average molecular weight is 382 g/mol. The van der Waals surface area contributed by atoms with Gasteiger partial charge >= 0.3 is 5.97 Å². The van der Waals surface area contributed by atoms with Crippen molar-refractivity contribution < 1.29 is 24.6 Å². The lowest BCUT2D eigenvalue weighted by atomic mass is 9.79. The van der Waals surface area contributed by atoms with Crippen molar-refractivity contribution in [1.29, 1.82) is 0 Å². The molecule has 142 valence electrons. The van der Waals surface area contributed by atoms with Gasteiger partial charge in [-0.1, -0.05) is 6.92 Å². The van der Waals surface area contributed by atoms with Gasteiger partial charge in [-0.25, -0.2) is 4.79 Å². The van der Waals surface area contributed by atoms with E-state index in [1.54, 1.807) is 6.92 Å². The van der Waals surface area contributed by atoms with Gasteiger partial charge in [0.05, 0.1) is 18.1 Å². The lowest BCUT2D eigenvalue weighted by Gasteiger charge is -2.46. The van der Waals surface area contributed by atoms with Crippen molar-refractivity contribution in [3.63, 3.8) is 0 Å². The molecule has 3 rings (SSSR count). The third-order valence-electron chi connectivity index (χ3n) is 4.87. The highest BCUT2D eigenvalue weighted by Gasteiger charge is 2.60. The maximum atomic E-state index is 12.3. The number of aliphatic hydroxyl groups is 1. The summed E-state index contributed by atoms with van der Waals surface area (Å²) in [5, 5.41) is 25.5. The highest BCUT2D eigenvalue weighted by Crippen LogP contribution is 2.51. The normalized spacial score (nSPS) is 31.6. The second-order valence-corrected chi connectivity index (χ2v) is 8.10.